The van der Waals surface area contributed by atoms with E-state index in [0.717, 1.165) is 35.7 Å². The molecule has 19 heavy (non-hydrogen) atoms. The molecule has 0 aromatic heterocycles. The summed E-state index contributed by atoms with van der Waals surface area (Å²) in [6.07, 6.45) is 2.20. The highest BCUT2D eigenvalue weighted by molar-refractivity contribution is 9.10. The largest absolute Gasteiger partial charge is 0.387 e. The summed E-state index contributed by atoms with van der Waals surface area (Å²) in [6, 6.07) is 8.42. The maximum Gasteiger partial charge on any atom is 0.0927 e. The zero-order valence-corrected chi connectivity index (χ0v) is 12.6. The number of hydrogen-bond acceptors (Lipinski definition) is 3. The van der Waals surface area contributed by atoms with Crippen LogP contribution in [0.3, 0.4) is 0 Å². The van der Waals surface area contributed by atoms with Crippen molar-refractivity contribution in [1.29, 1.82) is 0 Å². The Morgan fingerprint density at radius 2 is 2.16 bits per heavy atom. The first-order chi connectivity index (χ1) is 9.25. The van der Waals surface area contributed by atoms with Gasteiger partial charge in [-0.15, -0.1) is 0 Å². The Morgan fingerprint density at radius 3 is 2.89 bits per heavy atom. The Kier molecular flexibility index (Phi) is 4.22. The predicted octanol–water partition coefficient (Wildman–Crippen LogP) is 2.59. The monoisotopic (exact) mass is 325 g/mol. The first-order valence-electron chi connectivity index (χ1n) is 7.00. The molecule has 1 aromatic rings. The molecule has 2 aliphatic rings. The molecule has 0 amide bonds. The van der Waals surface area contributed by atoms with Gasteiger partial charge >= 0.3 is 0 Å². The molecule has 3 rings (SSSR count). The first kappa shape index (κ1) is 13.6. The van der Waals surface area contributed by atoms with E-state index in [1.165, 1.54) is 12.8 Å². The summed E-state index contributed by atoms with van der Waals surface area (Å²) in [6.45, 7) is 3.25. The second-order valence-electron chi connectivity index (χ2n) is 5.51. The van der Waals surface area contributed by atoms with Crippen molar-refractivity contribution >= 4 is 15.9 Å². The smallest absolute Gasteiger partial charge is 0.0927 e. The zero-order chi connectivity index (χ0) is 13.2. The summed E-state index contributed by atoms with van der Waals surface area (Å²) in [5.41, 5.74) is 0.975. The summed E-state index contributed by atoms with van der Waals surface area (Å²) >= 11 is 3.51. The van der Waals surface area contributed by atoms with Gasteiger partial charge in [-0.1, -0.05) is 34.1 Å². The minimum absolute atomic E-state index is 0.435. The van der Waals surface area contributed by atoms with Crippen molar-refractivity contribution in [2.75, 3.05) is 26.3 Å². The zero-order valence-electron chi connectivity index (χ0n) is 11.0. The van der Waals surface area contributed by atoms with Gasteiger partial charge in [-0.25, -0.2) is 0 Å². The minimum Gasteiger partial charge on any atom is -0.387 e. The molecule has 2 fully saturated rings. The lowest BCUT2D eigenvalue weighted by molar-refractivity contribution is -0.0341. The summed E-state index contributed by atoms with van der Waals surface area (Å²) in [7, 11) is 0. The van der Waals surface area contributed by atoms with Gasteiger partial charge in [0.1, 0.15) is 0 Å². The topological polar surface area (TPSA) is 32.7 Å². The number of halogens is 1. The highest BCUT2D eigenvalue weighted by Gasteiger charge is 2.37. The number of benzene rings is 1. The quantitative estimate of drug-likeness (QED) is 0.923. The number of β-amino-alcohol motifs (C(OH)–C–C–N with tert-alkyl or cyclic N) is 1. The highest BCUT2D eigenvalue weighted by atomic mass is 79.9. The van der Waals surface area contributed by atoms with Crippen LogP contribution in [0.4, 0.5) is 0 Å². The molecule has 3 nitrogen and oxygen atoms in total. The third kappa shape index (κ3) is 3.19. The fourth-order valence-corrected chi connectivity index (χ4v) is 3.41. The predicted molar refractivity (Wildman–Crippen MR) is 78.0 cm³/mol. The summed E-state index contributed by atoms with van der Waals surface area (Å²) in [5.74, 6) is 0.784. The van der Waals surface area contributed by atoms with E-state index in [2.05, 4.69) is 20.8 Å². The molecule has 104 valence electrons. The number of aliphatic hydroxyl groups excluding tert-OH is 1. The number of morpholine rings is 1. The van der Waals surface area contributed by atoms with Crippen LogP contribution >= 0.6 is 15.9 Å². The van der Waals surface area contributed by atoms with E-state index in [9.17, 15) is 5.11 Å². The molecule has 1 saturated carbocycles. The fraction of sp³-hybridized carbons (Fsp3) is 0.600. The Balaban J connectivity index is 1.67. The summed E-state index contributed by atoms with van der Waals surface area (Å²) < 4.78 is 6.58. The Hall–Kier alpha value is -0.420. The Morgan fingerprint density at radius 1 is 1.37 bits per heavy atom. The van der Waals surface area contributed by atoms with Crippen LogP contribution in [0.15, 0.2) is 28.7 Å². The molecule has 0 spiro atoms. The van der Waals surface area contributed by atoms with Crippen LogP contribution in [0, 0.1) is 5.92 Å². The number of ether oxygens (including phenoxy) is 1. The van der Waals surface area contributed by atoms with E-state index in [4.69, 9.17) is 4.74 Å². The standard InChI is InChI=1S/C15H20BrNO2/c16-13-4-2-1-3-12(13)15(18)9-17-7-8-19-10-14(17)11-5-6-11/h1-4,11,14-15,18H,5-10H2. The average molecular weight is 326 g/mol. The molecule has 1 aliphatic heterocycles. The van der Waals surface area contributed by atoms with E-state index in [0.29, 0.717) is 12.6 Å². The van der Waals surface area contributed by atoms with Crippen LogP contribution in [0.25, 0.3) is 0 Å². The molecule has 2 unspecified atom stereocenters. The van der Waals surface area contributed by atoms with E-state index >= 15 is 0 Å². The third-order valence-electron chi connectivity index (χ3n) is 4.12. The average Bonchev–Trinajstić information content (AvgIpc) is 3.24. The van der Waals surface area contributed by atoms with E-state index in [1.54, 1.807) is 0 Å². The lowest BCUT2D eigenvalue weighted by atomic mass is 10.1. The van der Waals surface area contributed by atoms with Gasteiger partial charge in [0.25, 0.3) is 0 Å². The van der Waals surface area contributed by atoms with Gasteiger partial charge in [0.15, 0.2) is 0 Å². The second-order valence-corrected chi connectivity index (χ2v) is 6.37. The van der Waals surface area contributed by atoms with Crippen LogP contribution in [-0.4, -0.2) is 42.4 Å². The maximum atomic E-state index is 10.5. The van der Waals surface area contributed by atoms with Crippen molar-refractivity contribution < 1.29 is 9.84 Å². The van der Waals surface area contributed by atoms with Crippen LogP contribution in [0.5, 0.6) is 0 Å². The second kappa shape index (κ2) is 5.92. The van der Waals surface area contributed by atoms with Gasteiger partial charge in [0.2, 0.25) is 0 Å². The number of aliphatic hydroxyl groups is 1. The molecule has 0 radical (unpaired) electrons. The third-order valence-corrected chi connectivity index (χ3v) is 4.84. The van der Waals surface area contributed by atoms with E-state index in [-0.39, 0.29) is 0 Å². The highest BCUT2D eigenvalue weighted by Crippen LogP contribution is 2.37. The van der Waals surface area contributed by atoms with Crippen molar-refractivity contribution in [3.05, 3.63) is 34.3 Å². The number of hydrogen-bond donors (Lipinski definition) is 1. The Bertz CT molecular complexity index is 436. The SMILES string of the molecule is OC(CN1CCOCC1C1CC1)c1ccccc1Br. The normalized spacial score (nSPS) is 26.3. The first-order valence-corrected chi connectivity index (χ1v) is 7.79. The van der Waals surface area contributed by atoms with Crippen molar-refractivity contribution in [3.63, 3.8) is 0 Å². The molecule has 1 saturated heterocycles. The number of nitrogens with zero attached hydrogens (tertiary/aromatic N) is 1. The van der Waals surface area contributed by atoms with E-state index < -0.39 is 6.10 Å². The minimum atomic E-state index is -0.435. The molecule has 2 atom stereocenters. The van der Waals surface area contributed by atoms with Gasteiger partial charge in [0, 0.05) is 23.6 Å². The Labute approximate surface area is 122 Å². The van der Waals surface area contributed by atoms with Gasteiger partial charge in [-0.3, -0.25) is 4.90 Å². The molecule has 1 aromatic carbocycles. The molecular weight excluding hydrogens is 306 g/mol. The van der Waals surface area contributed by atoms with Crippen LogP contribution in [0.1, 0.15) is 24.5 Å². The van der Waals surface area contributed by atoms with Crippen LogP contribution in [-0.2, 0) is 4.74 Å². The van der Waals surface area contributed by atoms with Crippen LogP contribution in [0.2, 0.25) is 0 Å². The molecule has 0 bridgehead atoms. The molecular formula is C15H20BrNO2. The van der Waals surface area contributed by atoms with Crippen molar-refractivity contribution in [1.82, 2.24) is 4.90 Å². The maximum absolute atomic E-state index is 10.5. The number of rotatable bonds is 4. The van der Waals surface area contributed by atoms with E-state index in [1.807, 2.05) is 24.3 Å². The van der Waals surface area contributed by atoms with Crippen molar-refractivity contribution in [3.8, 4) is 0 Å². The molecule has 1 N–H and O–H groups in total. The lowest BCUT2D eigenvalue weighted by Crippen LogP contribution is -2.48. The summed E-state index contributed by atoms with van der Waals surface area (Å²) in [4.78, 5) is 2.41. The molecule has 4 heteroatoms. The summed E-state index contributed by atoms with van der Waals surface area (Å²) in [5, 5.41) is 10.5. The van der Waals surface area contributed by atoms with Gasteiger partial charge < -0.3 is 9.84 Å². The van der Waals surface area contributed by atoms with Crippen molar-refractivity contribution in [2.24, 2.45) is 5.92 Å². The fourth-order valence-electron chi connectivity index (χ4n) is 2.86. The van der Waals surface area contributed by atoms with Gasteiger partial charge in [0.05, 0.1) is 19.3 Å². The lowest BCUT2D eigenvalue weighted by Gasteiger charge is -2.37. The van der Waals surface area contributed by atoms with Crippen LogP contribution < -0.4 is 0 Å². The van der Waals surface area contributed by atoms with Gasteiger partial charge in [-0.05, 0) is 30.4 Å². The van der Waals surface area contributed by atoms with Crippen molar-refractivity contribution in [2.45, 2.75) is 25.0 Å². The molecule has 1 aliphatic carbocycles. The molecule has 1 heterocycles. The van der Waals surface area contributed by atoms with Gasteiger partial charge in [-0.2, -0.15) is 0 Å².